The lowest BCUT2D eigenvalue weighted by Crippen LogP contribution is -2.43. The summed E-state index contributed by atoms with van der Waals surface area (Å²) in [5.74, 6) is 0.802. The topological polar surface area (TPSA) is 87.1 Å². The van der Waals surface area contributed by atoms with Crippen LogP contribution in [0.2, 0.25) is 0 Å². The summed E-state index contributed by atoms with van der Waals surface area (Å²) in [6.45, 7) is 2.36. The van der Waals surface area contributed by atoms with Gasteiger partial charge in [-0.25, -0.2) is 19.9 Å². The van der Waals surface area contributed by atoms with Gasteiger partial charge in [-0.15, -0.1) is 0 Å². The van der Waals surface area contributed by atoms with Gasteiger partial charge < -0.3 is 15.1 Å². The third-order valence-corrected chi connectivity index (χ3v) is 4.01. The molecule has 2 aromatic rings. The number of amides is 1. The zero-order valence-electron chi connectivity index (χ0n) is 13.8. The van der Waals surface area contributed by atoms with Crippen molar-refractivity contribution in [1.82, 2.24) is 30.2 Å². The summed E-state index contributed by atoms with van der Waals surface area (Å²) < 4.78 is 0. The van der Waals surface area contributed by atoms with Crippen molar-refractivity contribution in [3.63, 3.8) is 0 Å². The van der Waals surface area contributed by atoms with Gasteiger partial charge in [-0.2, -0.15) is 0 Å². The van der Waals surface area contributed by atoms with Crippen LogP contribution in [0.5, 0.6) is 0 Å². The summed E-state index contributed by atoms with van der Waals surface area (Å²) in [4.78, 5) is 33.1. The molecule has 0 unspecified atom stereocenters. The molecule has 0 saturated carbocycles. The first-order valence-corrected chi connectivity index (χ1v) is 7.87. The smallest absolute Gasteiger partial charge is 0.270 e. The van der Waals surface area contributed by atoms with Crippen LogP contribution < -0.4 is 10.2 Å². The Kier molecular flexibility index (Phi) is 4.95. The van der Waals surface area contributed by atoms with Gasteiger partial charge in [0.1, 0.15) is 12.0 Å². The molecule has 24 heavy (non-hydrogen) atoms. The van der Waals surface area contributed by atoms with Crippen LogP contribution in [0.1, 0.15) is 10.5 Å². The van der Waals surface area contributed by atoms with Gasteiger partial charge in [-0.1, -0.05) is 0 Å². The fourth-order valence-electron chi connectivity index (χ4n) is 2.97. The van der Waals surface area contributed by atoms with Crippen molar-refractivity contribution in [2.24, 2.45) is 5.92 Å². The quantitative estimate of drug-likeness (QED) is 0.831. The number of nitrogens with one attached hydrogen (secondary N) is 1. The molecule has 0 aromatic carbocycles. The summed E-state index contributed by atoms with van der Waals surface area (Å²) in [7, 11) is 4.07. The van der Waals surface area contributed by atoms with Crippen molar-refractivity contribution in [2.45, 2.75) is 6.04 Å². The van der Waals surface area contributed by atoms with Gasteiger partial charge in [0.05, 0.1) is 6.04 Å². The highest BCUT2D eigenvalue weighted by atomic mass is 16.2. The molecule has 126 valence electrons. The number of anilines is 1. The maximum absolute atomic E-state index is 12.4. The predicted octanol–water partition coefficient (Wildman–Crippen LogP) is 0.0630. The Morgan fingerprint density at radius 2 is 2.04 bits per heavy atom. The highest BCUT2D eigenvalue weighted by Gasteiger charge is 2.35. The van der Waals surface area contributed by atoms with E-state index in [1.54, 1.807) is 30.7 Å². The SMILES string of the molecule is CN(C)C[C@@H]1CN(c2ncccn2)C[C@H]1NC(=O)c1ccncn1. The average molecular weight is 327 g/mol. The molecule has 0 aliphatic carbocycles. The highest BCUT2D eigenvalue weighted by molar-refractivity contribution is 5.92. The van der Waals surface area contributed by atoms with Crippen molar-refractivity contribution in [2.75, 3.05) is 38.6 Å². The molecule has 1 saturated heterocycles. The molecule has 1 aliphatic rings. The van der Waals surface area contributed by atoms with Crippen molar-refractivity contribution >= 4 is 11.9 Å². The third kappa shape index (κ3) is 3.83. The summed E-state index contributed by atoms with van der Waals surface area (Å²) >= 11 is 0. The Hall–Kier alpha value is -2.61. The second kappa shape index (κ2) is 7.31. The van der Waals surface area contributed by atoms with Crippen LogP contribution in [-0.4, -0.2) is 70.5 Å². The lowest BCUT2D eigenvalue weighted by atomic mass is 10.0. The molecule has 8 heteroatoms. The summed E-state index contributed by atoms with van der Waals surface area (Å²) in [6.07, 6.45) is 6.41. The van der Waals surface area contributed by atoms with Crippen LogP contribution in [0, 0.1) is 5.92 Å². The monoisotopic (exact) mass is 327 g/mol. The minimum Gasteiger partial charge on any atom is -0.346 e. The van der Waals surface area contributed by atoms with Crippen molar-refractivity contribution in [3.8, 4) is 0 Å². The van der Waals surface area contributed by atoms with Crippen molar-refractivity contribution in [3.05, 3.63) is 42.7 Å². The van der Waals surface area contributed by atoms with E-state index in [2.05, 4.69) is 35.1 Å². The molecule has 0 spiro atoms. The number of hydrogen-bond acceptors (Lipinski definition) is 7. The van der Waals surface area contributed by atoms with E-state index in [1.807, 2.05) is 14.1 Å². The fraction of sp³-hybridized carbons (Fsp3) is 0.438. The number of carbonyl (C=O) groups excluding carboxylic acids is 1. The number of carbonyl (C=O) groups is 1. The number of hydrogen-bond donors (Lipinski definition) is 1. The highest BCUT2D eigenvalue weighted by Crippen LogP contribution is 2.21. The van der Waals surface area contributed by atoms with E-state index in [0.29, 0.717) is 18.2 Å². The molecule has 3 rings (SSSR count). The normalized spacial score (nSPS) is 20.4. The summed E-state index contributed by atoms with van der Waals surface area (Å²) in [5, 5.41) is 3.10. The Bertz CT molecular complexity index is 665. The van der Waals surface area contributed by atoms with Crippen LogP contribution in [0.15, 0.2) is 37.1 Å². The molecule has 8 nitrogen and oxygen atoms in total. The van der Waals surface area contributed by atoms with Crippen LogP contribution in [0.4, 0.5) is 5.95 Å². The van der Waals surface area contributed by atoms with E-state index >= 15 is 0 Å². The molecule has 1 amide bonds. The lowest BCUT2D eigenvalue weighted by molar-refractivity contribution is 0.0922. The minimum atomic E-state index is -0.179. The van der Waals surface area contributed by atoms with Crippen molar-refractivity contribution < 1.29 is 4.79 Å². The zero-order chi connectivity index (χ0) is 16.9. The molecule has 3 heterocycles. The van der Waals surface area contributed by atoms with Gasteiger partial charge in [0.15, 0.2) is 0 Å². The fourth-order valence-corrected chi connectivity index (χ4v) is 2.97. The summed E-state index contributed by atoms with van der Waals surface area (Å²) in [5.41, 5.74) is 0.378. The van der Waals surface area contributed by atoms with Gasteiger partial charge >= 0.3 is 0 Å². The van der Waals surface area contributed by atoms with Crippen LogP contribution in [0.3, 0.4) is 0 Å². The molecule has 1 aliphatic heterocycles. The maximum Gasteiger partial charge on any atom is 0.270 e. The Balaban J connectivity index is 1.72. The first kappa shape index (κ1) is 16.3. The third-order valence-electron chi connectivity index (χ3n) is 4.01. The van der Waals surface area contributed by atoms with Gasteiger partial charge in [0.25, 0.3) is 5.91 Å². The molecule has 1 N–H and O–H groups in total. The van der Waals surface area contributed by atoms with Gasteiger partial charge in [-0.3, -0.25) is 4.79 Å². The Labute approximate surface area is 141 Å². The number of aromatic nitrogens is 4. The largest absolute Gasteiger partial charge is 0.346 e. The minimum absolute atomic E-state index is 0.0127. The van der Waals surface area contributed by atoms with Crippen LogP contribution in [0.25, 0.3) is 0 Å². The number of nitrogens with zero attached hydrogens (tertiary/aromatic N) is 6. The molecule has 0 bridgehead atoms. The van der Waals surface area contributed by atoms with Gasteiger partial charge in [-0.05, 0) is 26.2 Å². The van der Waals surface area contributed by atoms with E-state index in [1.165, 1.54) is 6.33 Å². The molecule has 1 fully saturated rings. The maximum atomic E-state index is 12.4. The zero-order valence-corrected chi connectivity index (χ0v) is 13.8. The standard InChI is InChI=1S/C16H21N7O/c1-22(2)8-12-9-23(16-18-5-3-6-19-16)10-14(12)21-15(24)13-4-7-17-11-20-13/h3-7,11-12,14H,8-10H2,1-2H3,(H,21,24)/t12-,14-/m1/s1. The first-order valence-electron chi connectivity index (χ1n) is 7.87. The van der Waals surface area contributed by atoms with Gasteiger partial charge in [0.2, 0.25) is 5.95 Å². The second-order valence-electron chi connectivity index (χ2n) is 6.15. The molecular formula is C16H21N7O. The molecule has 2 aromatic heterocycles. The van der Waals surface area contributed by atoms with E-state index in [-0.39, 0.29) is 17.9 Å². The molecular weight excluding hydrogens is 306 g/mol. The van der Waals surface area contributed by atoms with E-state index in [4.69, 9.17) is 0 Å². The van der Waals surface area contributed by atoms with E-state index in [9.17, 15) is 4.79 Å². The summed E-state index contributed by atoms with van der Waals surface area (Å²) in [6, 6.07) is 3.42. The molecule has 0 radical (unpaired) electrons. The van der Waals surface area contributed by atoms with Gasteiger partial charge in [0, 0.05) is 44.1 Å². The van der Waals surface area contributed by atoms with E-state index < -0.39 is 0 Å². The van der Waals surface area contributed by atoms with Crippen molar-refractivity contribution in [1.29, 1.82) is 0 Å². The second-order valence-corrected chi connectivity index (χ2v) is 6.15. The first-order chi connectivity index (χ1) is 11.6. The average Bonchev–Trinajstić information content (AvgIpc) is 2.98. The molecule has 2 atom stereocenters. The van der Waals surface area contributed by atoms with Crippen LogP contribution >= 0.6 is 0 Å². The predicted molar refractivity (Wildman–Crippen MR) is 89.6 cm³/mol. The number of rotatable bonds is 5. The Morgan fingerprint density at radius 3 is 2.71 bits per heavy atom. The lowest BCUT2D eigenvalue weighted by Gasteiger charge is -2.22. The Morgan fingerprint density at radius 1 is 1.25 bits per heavy atom. The van der Waals surface area contributed by atoms with Crippen LogP contribution in [-0.2, 0) is 0 Å². The van der Waals surface area contributed by atoms with E-state index in [0.717, 1.165) is 13.1 Å².